The van der Waals surface area contributed by atoms with Crippen LogP contribution in [0.1, 0.15) is 18.4 Å². The molecule has 6 rings (SSSR count). The fourth-order valence-electron chi connectivity index (χ4n) is 4.46. The molecule has 0 unspecified atom stereocenters. The van der Waals surface area contributed by atoms with Gasteiger partial charge in [0.15, 0.2) is 0 Å². The maximum atomic E-state index is 6.30. The Morgan fingerprint density at radius 3 is 2.74 bits per heavy atom. The lowest BCUT2D eigenvalue weighted by Crippen LogP contribution is -2.45. The third-order valence-electron chi connectivity index (χ3n) is 6.60. The monoisotopic (exact) mass is 522 g/mol. The molecule has 0 amide bonds. The predicted molar refractivity (Wildman–Crippen MR) is 133 cm³/mol. The van der Waals surface area contributed by atoms with E-state index in [0.717, 1.165) is 66.3 Å². The van der Waals surface area contributed by atoms with Gasteiger partial charge >= 0.3 is 0 Å². The normalized spacial score (nSPS) is 16.9. The van der Waals surface area contributed by atoms with Crippen LogP contribution >= 0.6 is 15.9 Å². The number of nitrogens with zero attached hydrogens (tertiary/aromatic N) is 8. The van der Waals surface area contributed by atoms with E-state index in [1.807, 2.05) is 40.8 Å². The van der Waals surface area contributed by atoms with Gasteiger partial charge in [0.2, 0.25) is 5.88 Å². The maximum absolute atomic E-state index is 6.30. The van der Waals surface area contributed by atoms with Gasteiger partial charge in [-0.3, -0.25) is 9.58 Å². The Kier molecular flexibility index (Phi) is 5.70. The minimum atomic E-state index is 0.627. The number of pyridine rings is 1. The Morgan fingerprint density at radius 2 is 1.97 bits per heavy atom. The van der Waals surface area contributed by atoms with Crippen molar-refractivity contribution in [3.8, 4) is 11.6 Å². The molecule has 1 aliphatic carbocycles. The number of aryl methyl sites for hydroxylation is 1. The van der Waals surface area contributed by atoms with Gasteiger partial charge in [-0.2, -0.15) is 5.10 Å². The van der Waals surface area contributed by atoms with Crippen molar-refractivity contribution < 1.29 is 4.74 Å². The molecule has 4 heterocycles. The number of fused-ring (bicyclic) bond motifs is 1. The van der Waals surface area contributed by atoms with Crippen LogP contribution in [-0.4, -0.2) is 60.8 Å². The van der Waals surface area contributed by atoms with E-state index >= 15 is 0 Å². The highest BCUT2D eigenvalue weighted by molar-refractivity contribution is 9.10. The molecule has 0 atom stereocenters. The second-order valence-electron chi connectivity index (χ2n) is 9.17. The highest BCUT2D eigenvalue weighted by Crippen LogP contribution is 2.37. The molecule has 0 spiro atoms. The number of benzene rings is 1. The highest BCUT2D eigenvalue weighted by atomic mass is 79.9. The topological polar surface area (TPSA) is 77.1 Å². The smallest absolute Gasteiger partial charge is 0.223 e. The van der Waals surface area contributed by atoms with Crippen molar-refractivity contribution in [1.29, 1.82) is 0 Å². The van der Waals surface area contributed by atoms with Crippen LogP contribution in [0.5, 0.6) is 11.6 Å². The molecule has 10 heteroatoms. The van der Waals surface area contributed by atoms with Crippen LogP contribution < -0.4 is 9.64 Å². The SMILES string of the molecule is Cn1cc(N2CCN(Cc3cccnc3Oc3ccc4c(nnn4CC4CC4)c3Br)CC2)cn1. The number of ether oxygens (including phenoxy) is 1. The van der Waals surface area contributed by atoms with Gasteiger partial charge in [-0.05, 0) is 52.9 Å². The van der Waals surface area contributed by atoms with E-state index in [1.165, 1.54) is 18.5 Å². The van der Waals surface area contributed by atoms with Gasteiger partial charge in [-0.1, -0.05) is 11.3 Å². The van der Waals surface area contributed by atoms with Crippen LogP contribution in [0.25, 0.3) is 11.0 Å². The van der Waals surface area contributed by atoms with Crippen molar-refractivity contribution in [3.05, 3.63) is 52.9 Å². The second-order valence-corrected chi connectivity index (χ2v) is 9.96. The van der Waals surface area contributed by atoms with E-state index in [9.17, 15) is 0 Å². The Labute approximate surface area is 206 Å². The summed E-state index contributed by atoms with van der Waals surface area (Å²) in [5, 5.41) is 13.1. The Hall–Kier alpha value is -2.98. The van der Waals surface area contributed by atoms with Crippen molar-refractivity contribution in [1.82, 2.24) is 34.7 Å². The molecular weight excluding hydrogens is 496 g/mol. The highest BCUT2D eigenvalue weighted by Gasteiger charge is 2.24. The Morgan fingerprint density at radius 1 is 1.12 bits per heavy atom. The predicted octanol–water partition coefficient (Wildman–Crippen LogP) is 3.85. The van der Waals surface area contributed by atoms with E-state index in [-0.39, 0.29) is 0 Å². The zero-order valence-electron chi connectivity index (χ0n) is 19.1. The van der Waals surface area contributed by atoms with Crippen LogP contribution in [0.2, 0.25) is 0 Å². The minimum Gasteiger partial charge on any atom is -0.437 e. The molecule has 2 fully saturated rings. The van der Waals surface area contributed by atoms with Gasteiger partial charge < -0.3 is 9.64 Å². The standard InChI is InChI=1S/C24H27BrN8O/c1-30-16-19(13-27-30)32-11-9-31(10-12-32)15-18-3-2-8-26-24(18)34-21-7-6-20-23(22(21)25)28-29-33(20)14-17-4-5-17/h2-3,6-8,13,16-17H,4-5,9-12,14-15H2,1H3. The number of piperazine rings is 1. The lowest BCUT2D eigenvalue weighted by atomic mass is 10.2. The molecule has 1 aromatic carbocycles. The first-order valence-corrected chi connectivity index (χ1v) is 12.5. The maximum Gasteiger partial charge on any atom is 0.223 e. The third-order valence-corrected chi connectivity index (χ3v) is 7.36. The summed E-state index contributed by atoms with van der Waals surface area (Å²) in [5.41, 5.74) is 4.10. The molecule has 4 aromatic rings. The first kappa shape index (κ1) is 21.5. The van der Waals surface area contributed by atoms with Crippen molar-refractivity contribution in [3.63, 3.8) is 0 Å². The van der Waals surface area contributed by atoms with E-state index in [1.54, 1.807) is 6.20 Å². The fourth-order valence-corrected chi connectivity index (χ4v) is 4.96. The molecule has 0 radical (unpaired) electrons. The van der Waals surface area contributed by atoms with Gasteiger partial charge in [0.05, 0.1) is 21.9 Å². The zero-order chi connectivity index (χ0) is 23.1. The molecule has 0 N–H and O–H groups in total. The van der Waals surface area contributed by atoms with Crippen molar-refractivity contribution in [2.75, 3.05) is 31.1 Å². The molecule has 1 aliphatic heterocycles. The van der Waals surface area contributed by atoms with Crippen LogP contribution in [0.4, 0.5) is 5.69 Å². The van der Waals surface area contributed by atoms with Gasteiger partial charge in [0.25, 0.3) is 0 Å². The van der Waals surface area contributed by atoms with Gasteiger partial charge in [0.1, 0.15) is 11.3 Å². The third kappa shape index (κ3) is 4.39. The summed E-state index contributed by atoms with van der Waals surface area (Å²) in [5.74, 6) is 2.07. The molecule has 34 heavy (non-hydrogen) atoms. The summed E-state index contributed by atoms with van der Waals surface area (Å²) in [6, 6.07) is 8.08. The zero-order valence-corrected chi connectivity index (χ0v) is 20.7. The van der Waals surface area contributed by atoms with Gasteiger partial charge in [-0.15, -0.1) is 5.10 Å². The summed E-state index contributed by atoms with van der Waals surface area (Å²) in [6.07, 6.45) is 8.34. The van der Waals surface area contributed by atoms with Crippen LogP contribution in [0.15, 0.2) is 47.3 Å². The molecule has 2 aliphatic rings. The van der Waals surface area contributed by atoms with E-state index < -0.39 is 0 Å². The average molecular weight is 523 g/mol. The molecule has 3 aromatic heterocycles. The number of anilines is 1. The second kappa shape index (κ2) is 8.99. The van der Waals surface area contributed by atoms with E-state index in [2.05, 4.69) is 58.4 Å². The van der Waals surface area contributed by atoms with E-state index in [0.29, 0.717) is 11.6 Å². The largest absolute Gasteiger partial charge is 0.437 e. The summed E-state index contributed by atoms with van der Waals surface area (Å²) >= 11 is 3.70. The molecule has 1 saturated heterocycles. The average Bonchev–Trinajstić information content (AvgIpc) is 3.41. The first-order valence-electron chi connectivity index (χ1n) is 11.7. The number of halogens is 1. The molecular formula is C24H27BrN8O. The van der Waals surface area contributed by atoms with Crippen molar-refractivity contribution in [2.45, 2.75) is 25.9 Å². The quantitative estimate of drug-likeness (QED) is 0.364. The van der Waals surface area contributed by atoms with Crippen LogP contribution in [0, 0.1) is 5.92 Å². The van der Waals surface area contributed by atoms with E-state index in [4.69, 9.17) is 4.74 Å². The number of aromatic nitrogens is 6. The summed E-state index contributed by atoms with van der Waals surface area (Å²) in [6.45, 7) is 5.62. The molecule has 0 bridgehead atoms. The first-order chi connectivity index (χ1) is 16.6. The Bertz CT molecular complexity index is 1310. The fraction of sp³-hybridized carbons (Fsp3) is 0.417. The lowest BCUT2D eigenvalue weighted by Gasteiger charge is -2.35. The van der Waals surface area contributed by atoms with Crippen molar-refractivity contribution >= 4 is 32.7 Å². The van der Waals surface area contributed by atoms with Crippen molar-refractivity contribution in [2.24, 2.45) is 13.0 Å². The number of hydrogen-bond donors (Lipinski definition) is 0. The molecule has 176 valence electrons. The van der Waals surface area contributed by atoms with Gasteiger partial charge in [-0.25, -0.2) is 9.67 Å². The summed E-state index contributed by atoms with van der Waals surface area (Å²) < 4.78 is 11.0. The summed E-state index contributed by atoms with van der Waals surface area (Å²) in [7, 11) is 1.95. The van der Waals surface area contributed by atoms with Crippen LogP contribution in [-0.2, 0) is 20.1 Å². The van der Waals surface area contributed by atoms with Crippen LogP contribution in [0.3, 0.4) is 0 Å². The summed E-state index contributed by atoms with van der Waals surface area (Å²) in [4.78, 5) is 9.37. The minimum absolute atomic E-state index is 0.627. The molecule has 9 nitrogen and oxygen atoms in total. The number of hydrogen-bond acceptors (Lipinski definition) is 7. The van der Waals surface area contributed by atoms with Gasteiger partial charge in [0, 0.05) is 64.3 Å². The Balaban J connectivity index is 1.16. The molecule has 1 saturated carbocycles. The lowest BCUT2D eigenvalue weighted by molar-refractivity contribution is 0.246. The number of rotatable bonds is 7.